The number of benzene rings is 2. The SMILES string of the molecule is O=C(O)CC1Oc2ccc(F)cc2N(Cc2nc3c(F)c(F)cc(F)c3s2)C1=O. The molecule has 0 fully saturated rings. The van der Waals surface area contributed by atoms with Gasteiger partial charge in [-0.05, 0) is 12.1 Å². The minimum Gasteiger partial charge on any atom is -0.481 e. The Morgan fingerprint density at radius 1 is 1.21 bits per heavy atom. The van der Waals surface area contributed by atoms with E-state index in [1.807, 2.05) is 0 Å². The number of anilines is 1. The number of ether oxygens (including phenoxy) is 1. The lowest BCUT2D eigenvalue weighted by Crippen LogP contribution is -2.46. The van der Waals surface area contributed by atoms with Gasteiger partial charge < -0.3 is 9.84 Å². The van der Waals surface area contributed by atoms with E-state index in [0.717, 1.165) is 17.0 Å². The number of rotatable bonds is 4. The van der Waals surface area contributed by atoms with Crippen molar-refractivity contribution in [2.45, 2.75) is 19.1 Å². The number of halogens is 4. The molecule has 1 amide bonds. The summed E-state index contributed by atoms with van der Waals surface area (Å²) in [5, 5.41) is 9.04. The number of nitrogens with zero attached hydrogens (tertiary/aromatic N) is 2. The maximum Gasteiger partial charge on any atom is 0.307 e. The van der Waals surface area contributed by atoms with Crippen LogP contribution in [0.4, 0.5) is 23.2 Å². The van der Waals surface area contributed by atoms with Crippen molar-refractivity contribution in [3.05, 3.63) is 52.5 Å². The smallest absolute Gasteiger partial charge is 0.307 e. The standard InChI is InChI=1S/C18H10F4N2O4S/c19-7-1-2-11-10(3-7)24(18(27)12(28-11)5-14(25)26)6-13-23-16-15(22)8(20)4-9(21)17(16)29-13/h1-4,12H,5-6H2,(H,25,26). The lowest BCUT2D eigenvalue weighted by Gasteiger charge is -2.33. The molecule has 0 bridgehead atoms. The molecule has 1 unspecified atom stereocenters. The minimum atomic E-state index is -1.40. The fourth-order valence-corrected chi connectivity index (χ4v) is 3.93. The van der Waals surface area contributed by atoms with Crippen LogP contribution in [0.2, 0.25) is 0 Å². The number of aliphatic carboxylic acids is 1. The van der Waals surface area contributed by atoms with Crippen LogP contribution in [0.5, 0.6) is 5.75 Å². The molecule has 0 radical (unpaired) electrons. The molecule has 1 N–H and O–H groups in total. The van der Waals surface area contributed by atoms with E-state index in [1.54, 1.807) is 0 Å². The monoisotopic (exact) mass is 426 g/mol. The number of fused-ring (bicyclic) bond motifs is 2. The quantitative estimate of drug-likeness (QED) is 0.509. The van der Waals surface area contributed by atoms with Crippen LogP contribution in [0.25, 0.3) is 10.2 Å². The average Bonchev–Trinajstić information content (AvgIpc) is 3.08. The zero-order chi connectivity index (χ0) is 20.9. The van der Waals surface area contributed by atoms with E-state index < -0.39 is 53.2 Å². The molecule has 0 aliphatic carbocycles. The topological polar surface area (TPSA) is 79.7 Å². The number of hydrogen-bond acceptors (Lipinski definition) is 5. The molecular formula is C18H10F4N2O4S. The van der Waals surface area contributed by atoms with Crippen LogP contribution in [0.1, 0.15) is 11.4 Å². The highest BCUT2D eigenvalue weighted by Gasteiger charge is 2.36. The summed E-state index contributed by atoms with van der Waals surface area (Å²) in [4.78, 5) is 28.6. The molecule has 4 rings (SSSR count). The predicted molar refractivity (Wildman–Crippen MR) is 93.8 cm³/mol. The summed E-state index contributed by atoms with van der Waals surface area (Å²) in [6.07, 6.45) is -2.01. The van der Waals surface area contributed by atoms with E-state index in [4.69, 9.17) is 9.84 Å². The molecule has 3 aromatic rings. The Labute approximate surface area is 164 Å². The van der Waals surface area contributed by atoms with Crippen molar-refractivity contribution in [2.24, 2.45) is 0 Å². The fourth-order valence-electron chi connectivity index (χ4n) is 2.98. The van der Waals surface area contributed by atoms with Crippen molar-refractivity contribution >= 4 is 39.1 Å². The number of carboxylic acids is 1. The van der Waals surface area contributed by atoms with Crippen LogP contribution in [0, 0.1) is 23.3 Å². The normalized spacial score (nSPS) is 16.1. The fraction of sp³-hybridized carbons (Fsp3) is 0.167. The largest absolute Gasteiger partial charge is 0.481 e. The Hall–Kier alpha value is -3.21. The molecule has 11 heteroatoms. The van der Waals surface area contributed by atoms with E-state index in [9.17, 15) is 27.2 Å². The molecule has 2 heterocycles. The first kappa shape index (κ1) is 19.1. The van der Waals surface area contributed by atoms with E-state index in [2.05, 4.69) is 4.98 Å². The Balaban J connectivity index is 1.77. The van der Waals surface area contributed by atoms with Crippen molar-refractivity contribution < 1.29 is 37.0 Å². The molecule has 6 nitrogen and oxygen atoms in total. The highest BCUT2D eigenvalue weighted by atomic mass is 32.1. The van der Waals surface area contributed by atoms with Crippen LogP contribution in [0.3, 0.4) is 0 Å². The molecule has 0 saturated carbocycles. The number of carboxylic acid groups (broad SMARTS) is 1. The Morgan fingerprint density at radius 2 is 1.97 bits per heavy atom. The van der Waals surface area contributed by atoms with Gasteiger partial charge in [0.2, 0.25) is 0 Å². The number of carbonyl (C=O) groups excluding carboxylic acids is 1. The molecule has 1 aromatic heterocycles. The first-order valence-corrected chi connectivity index (χ1v) is 8.98. The second-order valence-corrected chi connectivity index (χ2v) is 7.26. The number of amides is 1. The van der Waals surface area contributed by atoms with E-state index in [1.165, 1.54) is 6.07 Å². The Morgan fingerprint density at radius 3 is 2.69 bits per heavy atom. The number of hydrogen-bond donors (Lipinski definition) is 1. The van der Waals surface area contributed by atoms with Crippen molar-refractivity contribution in [3.8, 4) is 5.75 Å². The Kier molecular flexibility index (Phi) is 4.61. The van der Waals surface area contributed by atoms with Crippen molar-refractivity contribution in [1.29, 1.82) is 0 Å². The lowest BCUT2D eigenvalue weighted by atomic mass is 10.1. The predicted octanol–water partition coefficient (Wildman–Crippen LogP) is 3.62. The van der Waals surface area contributed by atoms with Crippen LogP contribution in [0.15, 0.2) is 24.3 Å². The number of carbonyl (C=O) groups is 2. The molecule has 1 aliphatic rings. The summed E-state index contributed by atoms with van der Waals surface area (Å²) < 4.78 is 60.1. The highest BCUT2D eigenvalue weighted by Crippen LogP contribution is 2.37. The van der Waals surface area contributed by atoms with Gasteiger partial charge in [-0.25, -0.2) is 22.5 Å². The summed E-state index contributed by atoms with van der Waals surface area (Å²) >= 11 is 0.699. The van der Waals surface area contributed by atoms with Gasteiger partial charge >= 0.3 is 5.97 Å². The van der Waals surface area contributed by atoms with E-state index >= 15 is 0 Å². The zero-order valence-electron chi connectivity index (χ0n) is 14.3. The first-order chi connectivity index (χ1) is 13.7. The molecule has 1 atom stereocenters. The van der Waals surface area contributed by atoms with Gasteiger partial charge in [0.25, 0.3) is 5.91 Å². The van der Waals surface area contributed by atoms with Crippen LogP contribution >= 0.6 is 11.3 Å². The van der Waals surface area contributed by atoms with Gasteiger partial charge in [0.15, 0.2) is 17.7 Å². The molecule has 0 saturated heterocycles. The summed E-state index contributed by atoms with van der Waals surface area (Å²) in [6, 6.07) is 3.73. The summed E-state index contributed by atoms with van der Waals surface area (Å²) in [6.45, 7) is -0.339. The van der Waals surface area contributed by atoms with Crippen molar-refractivity contribution in [2.75, 3.05) is 4.90 Å². The van der Waals surface area contributed by atoms with Crippen LogP contribution < -0.4 is 9.64 Å². The van der Waals surface area contributed by atoms with E-state index in [0.29, 0.717) is 17.4 Å². The summed E-state index contributed by atoms with van der Waals surface area (Å²) in [5.74, 6) is -6.40. The number of aromatic nitrogens is 1. The van der Waals surface area contributed by atoms with Gasteiger partial charge in [0, 0.05) is 12.1 Å². The van der Waals surface area contributed by atoms with Crippen LogP contribution in [-0.2, 0) is 16.1 Å². The maximum absolute atomic E-state index is 13.9. The zero-order valence-corrected chi connectivity index (χ0v) is 15.1. The number of thiazole rings is 1. The van der Waals surface area contributed by atoms with Gasteiger partial charge in [-0.2, -0.15) is 0 Å². The van der Waals surface area contributed by atoms with Crippen molar-refractivity contribution in [3.63, 3.8) is 0 Å². The van der Waals surface area contributed by atoms with Gasteiger partial charge in [0.05, 0.1) is 23.4 Å². The van der Waals surface area contributed by atoms with Gasteiger partial charge in [-0.3, -0.25) is 14.5 Å². The molecule has 150 valence electrons. The molecule has 1 aliphatic heterocycles. The Bertz CT molecular complexity index is 1170. The summed E-state index contributed by atoms with van der Waals surface area (Å²) in [7, 11) is 0. The third-order valence-corrected chi connectivity index (χ3v) is 5.28. The lowest BCUT2D eigenvalue weighted by molar-refractivity contribution is -0.142. The maximum atomic E-state index is 13.9. The molecule has 2 aromatic carbocycles. The van der Waals surface area contributed by atoms with Gasteiger partial charge in [-0.1, -0.05) is 0 Å². The van der Waals surface area contributed by atoms with Gasteiger partial charge in [0.1, 0.15) is 27.9 Å². The second-order valence-electron chi connectivity index (χ2n) is 6.18. The first-order valence-electron chi connectivity index (χ1n) is 8.17. The third kappa shape index (κ3) is 3.37. The molecule has 0 spiro atoms. The second kappa shape index (κ2) is 6.99. The summed E-state index contributed by atoms with van der Waals surface area (Å²) in [5.41, 5.74) is -0.507. The average molecular weight is 426 g/mol. The van der Waals surface area contributed by atoms with Gasteiger partial charge in [-0.15, -0.1) is 11.3 Å². The highest BCUT2D eigenvalue weighted by molar-refractivity contribution is 7.18. The molecule has 29 heavy (non-hydrogen) atoms. The van der Waals surface area contributed by atoms with Crippen LogP contribution in [-0.4, -0.2) is 28.1 Å². The molecular weight excluding hydrogens is 416 g/mol. The minimum absolute atomic E-state index is 0.0167. The van der Waals surface area contributed by atoms with E-state index in [-0.39, 0.29) is 27.7 Å². The third-order valence-electron chi connectivity index (χ3n) is 4.24. The van der Waals surface area contributed by atoms with Crippen molar-refractivity contribution in [1.82, 2.24) is 4.98 Å².